The number of allylic oxidation sites excluding steroid dienone is 1. The van der Waals surface area contributed by atoms with Gasteiger partial charge in [0.1, 0.15) is 6.61 Å². The van der Waals surface area contributed by atoms with Crippen LogP contribution in [-0.2, 0) is 9.53 Å². The smallest absolute Gasteiger partial charge is 0.407 e. The van der Waals surface area contributed by atoms with Gasteiger partial charge in [-0.2, -0.15) is 12.6 Å². The summed E-state index contributed by atoms with van der Waals surface area (Å²) in [5.74, 6) is 0.708. The normalized spacial score (nSPS) is 17.2. The van der Waals surface area contributed by atoms with Crippen LogP contribution >= 0.6 is 40.3 Å². The summed E-state index contributed by atoms with van der Waals surface area (Å²) >= 11 is 8.27. The fourth-order valence-electron chi connectivity index (χ4n) is 1.05. The highest BCUT2D eigenvalue weighted by molar-refractivity contribution is 9.11. The summed E-state index contributed by atoms with van der Waals surface area (Å²) in [4.78, 5) is 25.1. The number of hydrogen-bond acceptors (Lipinski definition) is 5. The van der Waals surface area contributed by atoms with Crippen molar-refractivity contribution >= 4 is 51.5 Å². The predicted molar refractivity (Wildman–Crippen MR) is 75.5 cm³/mol. The van der Waals surface area contributed by atoms with E-state index in [4.69, 9.17) is 4.74 Å². The van der Waals surface area contributed by atoms with Gasteiger partial charge >= 0.3 is 6.09 Å². The zero-order valence-electron chi connectivity index (χ0n) is 8.94. The zero-order chi connectivity index (χ0) is 12.7. The Kier molecular flexibility index (Phi) is 6.76. The molecule has 0 radical (unpaired) electrons. The molecule has 7 heteroatoms. The van der Waals surface area contributed by atoms with Crippen LogP contribution in [0.1, 0.15) is 6.42 Å². The molecule has 0 spiro atoms. The molecule has 0 aromatic rings. The van der Waals surface area contributed by atoms with Crippen molar-refractivity contribution < 1.29 is 14.3 Å². The van der Waals surface area contributed by atoms with Crippen LogP contribution in [0.5, 0.6) is 0 Å². The first-order valence-electron chi connectivity index (χ1n) is 4.92. The monoisotopic (exact) mass is 337 g/mol. The van der Waals surface area contributed by atoms with Gasteiger partial charge < -0.3 is 10.1 Å². The minimum absolute atomic E-state index is 0.00286. The van der Waals surface area contributed by atoms with Crippen molar-refractivity contribution in [1.29, 1.82) is 0 Å². The van der Waals surface area contributed by atoms with Crippen molar-refractivity contribution in [1.82, 2.24) is 5.32 Å². The molecule has 0 aromatic carbocycles. The van der Waals surface area contributed by atoms with E-state index in [2.05, 4.69) is 33.9 Å². The fraction of sp³-hybridized carbons (Fsp3) is 0.400. The molecule has 0 aromatic heterocycles. The van der Waals surface area contributed by atoms with E-state index < -0.39 is 6.09 Å². The largest absolute Gasteiger partial charge is 0.445 e. The van der Waals surface area contributed by atoms with Crippen LogP contribution in [0.15, 0.2) is 21.5 Å². The van der Waals surface area contributed by atoms with Crippen molar-refractivity contribution in [3.8, 4) is 0 Å². The van der Waals surface area contributed by atoms with E-state index in [1.165, 1.54) is 0 Å². The van der Waals surface area contributed by atoms with Crippen LogP contribution in [-0.4, -0.2) is 30.1 Å². The average molecular weight is 338 g/mol. The number of carbonyl (C=O) groups is 2. The zero-order valence-corrected chi connectivity index (χ0v) is 12.2. The van der Waals surface area contributed by atoms with E-state index in [0.29, 0.717) is 17.9 Å². The lowest BCUT2D eigenvalue weighted by atomic mass is 10.3. The molecule has 1 amide bonds. The summed E-state index contributed by atoms with van der Waals surface area (Å²) in [7, 11) is 0. The van der Waals surface area contributed by atoms with Crippen molar-refractivity contribution in [2.75, 3.05) is 18.9 Å². The number of nitrogens with one attached hydrogen (secondary N) is 1. The molecule has 1 heterocycles. The van der Waals surface area contributed by atoms with Gasteiger partial charge in [-0.1, -0.05) is 15.9 Å². The average Bonchev–Trinajstić information content (AvgIpc) is 2.68. The van der Waals surface area contributed by atoms with E-state index in [1.54, 1.807) is 11.1 Å². The van der Waals surface area contributed by atoms with Gasteiger partial charge in [0, 0.05) is 17.0 Å². The minimum Gasteiger partial charge on any atom is -0.445 e. The summed E-state index contributed by atoms with van der Waals surface area (Å²) in [5, 5.41) is 2.48. The second-order valence-electron chi connectivity index (χ2n) is 3.15. The molecule has 0 saturated heterocycles. The second-order valence-corrected chi connectivity index (χ2v) is 5.10. The summed E-state index contributed by atoms with van der Waals surface area (Å²) in [5.41, 5.74) is 0.491. The second kappa shape index (κ2) is 7.84. The van der Waals surface area contributed by atoms with Gasteiger partial charge in [-0.05, 0) is 35.0 Å². The molecular weight excluding hydrogens is 326 g/mol. The molecular formula is C10H12BrNO3S2. The first-order chi connectivity index (χ1) is 8.17. The summed E-state index contributed by atoms with van der Waals surface area (Å²) in [6, 6.07) is 0. The van der Waals surface area contributed by atoms with E-state index in [0.717, 1.165) is 23.1 Å². The number of halogens is 1. The van der Waals surface area contributed by atoms with Crippen LogP contribution in [0.2, 0.25) is 0 Å². The highest BCUT2D eigenvalue weighted by atomic mass is 79.9. The molecule has 1 aliphatic rings. The summed E-state index contributed by atoms with van der Waals surface area (Å²) in [6.45, 7) is 0.527. The third-order valence-electron chi connectivity index (χ3n) is 1.86. The molecule has 0 unspecified atom stereocenters. The van der Waals surface area contributed by atoms with Gasteiger partial charge in [-0.25, -0.2) is 4.79 Å². The maximum Gasteiger partial charge on any atom is 0.407 e. The number of ether oxygens (including phenoxy) is 1. The number of hydrogen-bond donors (Lipinski definition) is 2. The molecule has 0 fully saturated rings. The molecule has 1 aliphatic heterocycles. The van der Waals surface area contributed by atoms with E-state index in [1.807, 2.05) is 0 Å². The molecule has 17 heavy (non-hydrogen) atoms. The lowest BCUT2D eigenvalue weighted by Gasteiger charge is -2.05. The van der Waals surface area contributed by atoms with E-state index >= 15 is 0 Å². The van der Waals surface area contributed by atoms with Gasteiger partial charge in [0.05, 0.1) is 0 Å². The quantitative estimate of drug-likeness (QED) is 0.597. The topological polar surface area (TPSA) is 55.4 Å². The number of alkyl carbamates (subject to hydrolysis) is 1. The van der Waals surface area contributed by atoms with Crippen LogP contribution < -0.4 is 5.32 Å². The lowest BCUT2D eigenvalue weighted by molar-refractivity contribution is -0.108. The first-order valence-corrected chi connectivity index (χ1v) is 7.28. The number of amides is 1. The Bertz CT molecular complexity index is 369. The Morgan fingerprint density at radius 3 is 3.00 bits per heavy atom. The Morgan fingerprint density at radius 2 is 2.41 bits per heavy atom. The van der Waals surface area contributed by atoms with Crippen molar-refractivity contribution in [2.24, 2.45) is 0 Å². The van der Waals surface area contributed by atoms with Crippen molar-refractivity contribution in [2.45, 2.75) is 6.42 Å². The number of thioether (sulfide) groups is 1. The van der Waals surface area contributed by atoms with Crippen LogP contribution in [0, 0.1) is 0 Å². The van der Waals surface area contributed by atoms with Gasteiger partial charge in [0.25, 0.3) is 0 Å². The minimum atomic E-state index is -0.512. The molecule has 4 nitrogen and oxygen atoms in total. The molecule has 94 valence electrons. The van der Waals surface area contributed by atoms with Crippen molar-refractivity contribution in [3.05, 3.63) is 21.5 Å². The highest BCUT2D eigenvalue weighted by Crippen LogP contribution is 2.31. The highest BCUT2D eigenvalue weighted by Gasteiger charge is 2.20. The molecule has 1 rings (SSSR count). The Labute approximate surface area is 118 Å². The Balaban J connectivity index is 2.31. The van der Waals surface area contributed by atoms with Gasteiger partial charge in [-0.3, -0.25) is 4.79 Å². The van der Waals surface area contributed by atoms with Crippen LogP contribution in [0.4, 0.5) is 4.79 Å². The molecule has 0 bridgehead atoms. The molecule has 0 saturated carbocycles. The third-order valence-corrected chi connectivity index (χ3v) is 3.89. The first kappa shape index (κ1) is 14.7. The third kappa shape index (κ3) is 5.18. The predicted octanol–water partition coefficient (Wildman–Crippen LogP) is 2.47. The molecule has 1 N–H and O–H groups in total. The van der Waals surface area contributed by atoms with Crippen LogP contribution in [0.25, 0.3) is 0 Å². The number of rotatable bonds is 5. The number of carbonyl (C=O) groups excluding carboxylic acids is 2. The van der Waals surface area contributed by atoms with E-state index in [-0.39, 0.29) is 11.7 Å². The molecule has 0 aliphatic carbocycles. The maximum absolute atomic E-state index is 11.4. The Morgan fingerprint density at radius 1 is 1.65 bits per heavy atom. The van der Waals surface area contributed by atoms with Gasteiger partial charge in [0.2, 0.25) is 5.12 Å². The summed E-state index contributed by atoms with van der Waals surface area (Å²) in [6.07, 6.45) is 1.97. The van der Waals surface area contributed by atoms with Gasteiger partial charge in [-0.15, -0.1) is 0 Å². The van der Waals surface area contributed by atoms with Crippen molar-refractivity contribution in [3.63, 3.8) is 0 Å². The number of thiol groups is 1. The van der Waals surface area contributed by atoms with Gasteiger partial charge in [0.15, 0.2) is 0 Å². The lowest BCUT2D eigenvalue weighted by Crippen LogP contribution is -2.26. The Hall–Kier alpha value is -0.400. The SMILES string of the molecule is O=C(NCCCS)OCC1=CC(=CBr)SC1=O. The summed E-state index contributed by atoms with van der Waals surface area (Å²) < 4.78 is 4.92. The standard InChI is InChI=1S/C10H12BrNO3S2/c11-5-8-4-7(9(13)17-8)6-15-10(14)12-2-1-3-16/h4-5,16H,1-3,6H2,(H,12,14). The van der Waals surface area contributed by atoms with E-state index in [9.17, 15) is 9.59 Å². The van der Waals surface area contributed by atoms with Crippen LogP contribution in [0.3, 0.4) is 0 Å². The maximum atomic E-state index is 11.4. The molecule has 0 atom stereocenters. The fourth-order valence-corrected chi connectivity index (χ4v) is 2.33.